The maximum Gasteiger partial charge on any atom is 0.272 e. The third-order valence-corrected chi connectivity index (χ3v) is 4.14. The van der Waals surface area contributed by atoms with Crippen LogP contribution in [0.5, 0.6) is 0 Å². The molecular formula is C21H18N2O2. The predicted molar refractivity (Wildman–Crippen MR) is 102 cm³/mol. The number of aromatic nitrogens is 2. The lowest BCUT2D eigenvalue weighted by Gasteiger charge is -2.04. The lowest BCUT2D eigenvalue weighted by atomic mass is 9.99. The predicted octanol–water partition coefficient (Wildman–Crippen LogP) is 3.85. The summed E-state index contributed by atoms with van der Waals surface area (Å²) in [5, 5.41) is 0.652. The number of aryl methyl sites for hydroxylation is 1. The maximum absolute atomic E-state index is 12.9. The number of ketones is 1. The highest BCUT2D eigenvalue weighted by Crippen LogP contribution is 2.22. The Morgan fingerprint density at radius 2 is 1.80 bits per heavy atom. The van der Waals surface area contributed by atoms with Gasteiger partial charge in [-0.1, -0.05) is 55.7 Å². The van der Waals surface area contributed by atoms with Crippen molar-refractivity contribution in [2.24, 2.45) is 7.05 Å². The van der Waals surface area contributed by atoms with Gasteiger partial charge < -0.3 is 9.55 Å². The topological polar surface area (TPSA) is 54.9 Å². The average molecular weight is 330 g/mol. The van der Waals surface area contributed by atoms with Gasteiger partial charge in [-0.05, 0) is 17.2 Å². The van der Waals surface area contributed by atoms with Crippen LogP contribution in [0.4, 0.5) is 0 Å². The summed E-state index contributed by atoms with van der Waals surface area (Å²) in [4.78, 5) is 27.5. The van der Waals surface area contributed by atoms with Crippen molar-refractivity contribution in [3.05, 3.63) is 101 Å². The normalized spacial score (nSPS) is 11.5. The highest BCUT2D eigenvalue weighted by molar-refractivity contribution is 6.16. The minimum atomic E-state index is -0.209. The van der Waals surface area contributed by atoms with E-state index in [1.807, 2.05) is 18.2 Å². The number of allylic oxidation sites excluding steroid dienone is 4. The van der Waals surface area contributed by atoms with Gasteiger partial charge in [-0.3, -0.25) is 9.59 Å². The van der Waals surface area contributed by atoms with Crippen LogP contribution in [-0.4, -0.2) is 15.3 Å². The summed E-state index contributed by atoms with van der Waals surface area (Å²) in [5.74, 6) is -0.115. The number of hydrogen-bond acceptors (Lipinski definition) is 2. The molecule has 2 heterocycles. The molecule has 4 heteroatoms. The molecule has 0 atom stereocenters. The second kappa shape index (κ2) is 6.61. The van der Waals surface area contributed by atoms with Crippen molar-refractivity contribution in [2.45, 2.75) is 0 Å². The van der Waals surface area contributed by atoms with E-state index in [1.54, 1.807) is 54.4 Å². The molecular weight excluding hydrogens is 312 g/mol. The molecule has 1 aromatic carbocycles. The second-order valence-electron chi connectivity index (χ2n) is 5.69. The van der Waals surface area contributed by atoms with E-state index in [0.717, 1.165) is 11.1 Å². The Hall–Kier alpha value is -3.40. The van der Waals surface area contributed by atoms with Gasteiger partial charge in [-0.15, -0.1) is 0 Å². The number of benzene rings is 1. The molecule has 3 rings (SSSR count). The Kier molecular flexibility index (Phi) is 4.35. The molecule has 0 aliphatic carbocycles. The van der Waals surface area contributed by atoms with E-state index < -0.39 is 0 Å². The highest BCUT2D eigenvalue weighted by atomic mass is 16.1. The molecule has 25 heavy (non-hydrogen) atoms. The van der Waals surface area contributed by atoms with Crippen LogP contribution in [0.3, 0.4) is 0 Å². The Labute approximate surface area is 145 Å². The molecule has 0 aliphatic rings. The van der Waals surface area contributed by atoms with Crippen LogP contribution in [0.2, 0.25) is 0 Å². The zero-order valence-corrected chi connectivity index (χ0v) is 14.0. The number of carbonyl (C=O) groups is 1. The van der Waals surface area contributed by atoms with E-state index in [2.05, 4.69) is 18.1 Å². The molecule has 0 aliphatic heterocycles. The van der Waals surface area contributed by atoms with Crippen molar-refractivity contribution < 1.29 is 4.79 Å². The van der Waals surface area contributed by atoms with Gasteiger partial charge in [-0.25, -0.2) is 0 Å². The van der Waals surface area contributed by atoms with Crippen molar-refractivity contribution in [1.82, 2.24) is 9.55 Å². The van der Waals surface area contributed by atoms with Crippen molar-refractivity contribution in [2.75, 3.05) is 0 Å². The number of pyridine rings is 1. The summed E-state index contributed by atoms with van der Waals surface area (Å²) in [6.45, 7) is 7.48. The molecule has 0 radical (unpaired) electrons. The Bertz CT molecular complexity index is 1060. The van der Waals surface area contributed by atoms with Crippen LogP contribution in [0.1, 0.15) is 21.5 Å². The number of fused-ring (bicyclic) bond motifs is 1. The van der Waals surface area contributed by atoms with Gasteiger partial charge in [-0.2, -0.15) is 0 Å². The van der Waals surface area contributed by atoms with Gasteiger partial charge in [0.05, 0.1) is 0 Å². The number of nitrogens with one attached hydrogen (secondary N) is 1. The van der Waals surface area contributed by atoms with E-state index in [0.29, 0.717) is 22.0 Å². The zero-order chi connectivity index (χ0) is 18.0. The standard InChI is InChI=1S/C21H18N2O2/c1-4-6-14(5-2)15-7-9-16(10-8-15)20(24)18-13-23(3)19-17(18)11-12-22-21(19)25/h4-13H,1-2H2,3H3,(H,22,25)/b14-6+. The van der Waals surface area contributed by atoms with Gasteiger partial charge in [0.25, 0.3) is 5.56 Å². The minimum Gasteiger partial charge on any atom is -0.345 e. The fourth-order valence-electron chi connectivity index (χ4n) is 2.93. The molecule has 0 fully saturated rings. The molecule has 0 saturated heterocycles. The summed E-state index contributed by atoms with van der Waals surface area (Å²) in [7, 11) is 1.76. The lowest BCUT2D eigenvalue weighted by molar-refractivity contribution is 0.104. The van der Waals surface area contributed by atoms with Crippen LogP contribution < -0.4 is 5.56 Å². The van der Waals surface area contributed by atoms with Crippen LogP contribution >= 0.6 is 0 Å². The van der Waals surface area contributed by atoms with Crippen molar-refractivity contribution >= 4 is 22.3 Å². The number of nitrogens with zero attached hydrogens (tertiary/aromatic N) is 1. The summed E-state index contributed by atoms with van der Waals surface area (Å²) in [6, 6.07) is 9.07. The Morgan fingerprint density at radius 3 is 2.44 bits per heavy atom. The van der Waals surface area contributed by atoms with E-state index in [1.165, 1.54) is 0 Å². The molecule has 0 spiro atoms. The summed E-state index contributed by atoms with van der Waals surface area (Å²) >= 11 is 0. The molecule has 0 bridgehead atoms. The Balaban J connectivity index is 2.04. The van der Waals surface area contributed by atoms with Gasteiger partial charge in [0.2, 0.25) is 0 Å². The van der Waals surface area contributed by atoms with Gasteiger partial charge in [0.1, 0.15) is 5.52 Å². The molecule has 4 nitrogen and oxygen atoms in total. The maximum atomic E-state index is 12.9. The van der Waals surface area contributed by atoms with Crippen LogP contribution in [0.25, 0.3) is 16.5 Å². The highest BCUT2D eigenvalue weighted by Gasteiger charge is 2.17. The first-order chi connectivity index (χ1) is 12.1. The van der Waals surface area contributed by atoms with E-state index in [9.17, 15) is 9.59 Å². The number of aromatic amines is 1. The van der Waals surface area contributed by atoms with Gasteiger partial charge in [0.15, 0.2) is 5.78 Å². The van der Waals surface area contributed by atoms with Crippen molar-refractivity contribution in [1.29, 1.82) is 0 Å². The molecule has 0 amide bonds. The van der Waals surface area contributed by atoms with Gasteiger partial charge in [0, 0.05) is 36.0 Å². The monoisotopic (exact) mass is 330 g/mol. The van der Waals surface area contributed by atoms with E-state index >= 15 is 0 Å². The van der Waals surface area contributed by atoms with Crippen molar-refractivity contribution in [3.8, 4) is 0 Å². The smallest absolute Gasteiger partial charge is 0.272 e. The van der Waals surface area contributed by atoms with Crippen molar-refractivity contribution in [3.63, 3.8) is 0 Å². The Morgan fingerprint density at radius 1 is 1.12 bits per heavy atom. The fraction of sp³-hybridized carbons (Fsp3) is 0.0476. The van der Waals surface area contributed by atoms with Crippen LogP contribution in [0, 0.1) is 0 Å². The summed E-state index contributed by atoms with van der Waals surface area (Å²) in [5.41, 5.74) is 3.26. The lowest BCUT2D eigenvalue weighted by Crippen LogP contribution is -2.07. The summed E-state index contributed by atoms with van der Waals surface area (Å²) < 4.78 is 1.68. The zero-order valence-electron chi connectivity index (χ0n) is 14.0. The van der Waals surface area contributed by atoms with Crippen LogP contribution in [0.15, 0.2) is 78.9 Å². The second-order valence-corrected chi connectivity index (χ2v) is 5.69. The first-order valence-electron chi connectivity index (χ1n) is 7.84. The summed E-state index contributed by atoms with van der Waals surface area (Å²) in [6.07, 6.45) is 8.56. The molecule has 124 valence electrons. The third kappa shape index (κ3) is 2.90. The number of H-pyrrole nitrogens is 1. The minimum absolute atomic E-state index is 0.115. The average Bonchev–Trinajstić information content (AvgIpc) is 2.97. The molecule has 0 unspecified atom stereocenters. The van der Waals surface area contributed by atoms with E-state index in [-0.39, 0.29) is 11.3 Å². The molecule has 1 N–H and O–H groups in total. The number of hydrogen-bond donors (Lipinski definition) is 1. The fourth-order valence-corrected chi connectivity index (χ4v) is 2.93. The van der Waals surface area contributed by atoms with Crippen LogP contribution in [-0.2, 0) is 7.05 Å². The van der Waals surface area contributed by atoms with Gasteiger partial charge >= 0.3 is 0 Å². The van der Waals surface area contributed by atoms with E-state index in [4.69, 9.17) is 0 Å². The molecule has 2 aromatic heterocycles. The number of rotatable bonds is 5. The molecule has 0 saturated carbocycles. The number of carbonyl (C=O) groups excluding carboxylic acids is 1. The quantitative estimate of drug-likeness (QED) is 0.570. The first-order valence-corrected chi connectivity index (χ1v) is 7.84. The first kappa shape index (κ1) is 16.5. The third-order valence-electron chi connectivity index (χ3n) is 4.14. The SMILES string of the molecule is C=C/C=C(\C=C)c1ccc(C(=O)c2cn(C)c3c(=O)[nH]ccc23)cc1. The molecule has 3 aromatic rings. The largest absolute Gasteiger partial charge is 0.345 e.